The zero-order valence-electron chi connectivity index (χ0n) is 17.6. The van der Waals surface area contributed by atoms with Crippen molar-refractivity contribution in [2.75, 3.05) is 32.8 Å². The van der Waals surface area contributed by atoms with Crippen molar-refractivity contribution in [2.24, 2.45) is 0 Å². The molecule has 8 nitrogen and oxygen atoms in total. The van der Waals surface area contributed by atoms with E-state index in [2.05, 4.69) is 10.2 Å². The molecule has 1 aliphatic heterocycles. The summed E-state index contributed by atoms with van der Waals surface area (Å²) < 4.78 is 19.5. The molecule has 3 aromatic rings. The van der Waals surface area contributed by atoms with E-state index in [1.807, 2.05) is 12.1 Å². The van der Waals surface area contributed by atoms with Crippen molar-refractivity contribution < 1.29 is 18.7 Å². The minimum absolute atomic E-state index is 0.0270. The lowest BCUT2D eigenvalue weighted by Crippen LogP contribution is -2.50. The van der Waals surface area contributed by atoms with E-state index in [9.17, 15) is 18.8 Å². The highest BCUT2D eigenvalue weighted by molar-refractivity contribution is 5.95. The quantitative estimate of drug-likeness (QED) is 0.676. The monoisotopic (exact) mass is 438 g/mol. The number of carbonyl (C=O) groups excluding carboxylic acids is 2. The van der Waals surface area contributed by atoms with E-state index in [-0.39, 0.29) is 17.7 Å². The van der Waals surface area contributed by atoms with Gasteiger partial charge in [0.1, 0.15) is 5.82 Å². The van der Waals surface area contributed by atoms with E-state index in [1.54, 1.807) is 25.1 Å². The zero-order chi connectivity index (χ0) is 22.7. The standard InChI is InChI=1S/C23H23FN4O4/c1-2-32-23(31)28-11-9-27(10-12-28)22(30)18-13-15(7-8-19(18)24)14-20-16-5-3-4-6-17(16)21(29)26-25-20/h3-8,13H,2,9-12,14H2,1H3,(H,26,29). The summed E-state index contributed by atoms with van der Waals surface area (Å²) in [7, 11) is 0. The molecule has 1 aromatic heterocycles. The number of benzene rings is 2. The highest BCUT2D eigenvalue weighted by atomic mass is 19.1. The van der Waals surface area contributed by atoms with Gasteiger partial charge in [0, 0.05) is 38.0 Å². The number of amides is 2. The fourth-order valence-electron chi connectivity index (χ4n) is 3.82. The summed E-state index contributed by atoms with van der Waals surface area (Å²) in [6.45, 7) is 3.29. The average Bonchev–Trinajstić information content (AvgIpc) is 2.82. The normalized spacial score (nSPS) is 13.9. The van der Waals surface area contributed by atoms with Crippen molar-refractivity contribution >= 4 is 22.8 Å². The second kappa shape index (κ2) is 9.17. The van der Waals surface area contributed by atoms with Crippen LogP contribution in [0.25, 0.3) is 10.8 Å². The Bertz CT molecular complexity index is 1220. The van der Waals surface area contributed by atoms with Gasteiger partial charge in [0.25, 0.3) is 11.5 Å². The number of hydrogen-bond acceptors (Lipinski definition) is 5. The fourth-order valence-corrected chi connectivity index (χ4v) is 3.82. The maximum Gasteiger partial charge on any atom is 0.409 e. The number of carbonyl (C=O) groups is 2. The van der Waals surface area contributed by atoms with Gasteiger partial charge in [-0.1, -0.05) is 24.3 Å². The van der Waals surface area contributed by atoms with Crippen molar-refractivity contribution in [3.05, 3.63) is 75.5 Å². The van der Waals surface area contributed by atoms with Gasteiger partial charge in [-0.25, -0.2) is 14.3 Å². The van der Waals surface area contributed by atoms with Crippen LogP contribution in [0.2, 0.25) is 0 Å². The molecular weight excluding hydrogens is 415 g/mol. The van der Waals surface area contributed by atoms with E-state index in [0.29, 0.717) is 54.6 Å². The van der Waals surface area contributed by atoms with Gasteiger partial charge in [-0.15, -0.1) is 0 Å². The number of nitrogens with one attached hydrogen (secondary N) is 1. The molecule has 2 amide bonds. The number of aromatic amines is 1. The van der Waals surface area contributed by atoms with Crippen LogP contribution in [0.4, 0.5) is 9.18 Å². The predicted octanol–water partition coefficient (Wildman–Crippen LogP) is 2.57. The summed E-state index contributed by atoms with van der Waals surface area (Å²) in [6, 6.07) is 11.5. The molecule has 32 heavy (non-hydrogen) atoms. The molecule has 1 fully saturated rings. The van der Waals surface area contributed by atoms with E-state index in [4.69, 9.17) is 4.74 Å². The van der Waals surface area contributed by atoms with Crippen LogP contribution >= 0.6 is 0 Å². The van der Waals surface area contributed by atoms with Crippen LogP contribution in [0.15, 0.2) is 47.3 Å². The van der Waals surface area contributed by atoms with Crippen molar-refractivity contribution in [3.8, 4) is 0 Å². The Hall–Kier alpha value is -3.75. The predicted molar refractivity (Wildman–Crippen MR) is 116 cm³/mol. The van der Waals surface area contributed by atoms with Crippen LogP contribution in [0.5, 0.6) is 0 Å². The topological polar surface area (TPSA) is 95.6 Å². The van der Waals surface area contributed by atoms with Crippen LogP contribution in [0.1, 0.15) is 28.5 Å². The first-order chi connectivity index (χ1) is 15.5. The minimum atomic E-state index is -0.606. The van der Waals surface area contributed by atoms with Crippen molar-refractivity contribution in [3.63, 3.8) is 0 Å². The molecule has 0 bridgehead atoms. The van der Waals surface area contributed by atoms with Crippen LogP contribution in [0.3, 0.4) is 0 Å². The highest BCUT2D eigenvalue weighted by Crippen LogP contribution is 2.20. The molecule has 9 heteroatoms. The summed E-state index contributed by atoms with van der Waals surface area (Å²) in [5.41, 5.74) is 1.03. The van der Waals surface area contributed by atoms with Gasteiger partial charge >= 0.3 is 6.09 Å². The Morgan fingerprint density at radius 3 is 2.47 bits per heavy atom. The first kappa shape index (κ1) is 21.5. The van der Waals surface area contributed by atoms with Gasteiger partial charge in [0.2, 0.25) is 0 Å². The number of rotatable bonds is 4. The molecule has 0 unspecified atom stereocenters. The van der Waals surface area contributed by atoms with Gasteiger partial charge in [0.15, 0.2) is 0 Å². The Morgan fingerprint density at radius 1 is 1.06 bits per heavy atom. The minimum Gasteiger partial charge on any atom is -0.450 e. The number of H-pyrrole nitrogens is 1. The summed E-state index contributed by atoms with van der Waals surface area (Å²) in [6.07, 6.45) is -0.0810. The molecule has 166 valence electrons. The number of nitrogens with zero attached hydrogens (tertiary/aromatic N) is 3. The van der Waals surface area contributed by atoms with Crippen LogP contribution in [-0.2, 0) is 11.2 Å². The van der Waals surface area contributed by atoms with E-state index < -0.39 is 17.8 Å². The van der Waals surface area contributed by atoms with Gasteiger partial charge in [-0.3, -0.25) is 9.59 Å². The number of ether oxygens (including phenoxy) is 1. The molecule has 1 aliphatic rings. The second-order valence-corrected chi connectivity index (χ2v) is 7.51. The van der Waals surface area contributed by atoms with E-state index in [1.165, 1.54) is 21.9 Å². The van der Waals surface area contributed by atoms with Crippen molar-refractivity contribution in [1.82, 2.24) is 20.0 Å². The molecule has 0 saturated carbocycles. The average molecular weight is 438 g/mol. The Labute approximate surface area is 183 Å². The highest BCUT2D eigenvalue weighted by Gasteiger charge is 2.27. The number of hydrogen-bond donors (Lipinski definition) is 1. The molecule has 2 aromatic carbocycles. The summed E-state index contributed by atoms with van der Waals surface area (Å²) >= 11 is 0. The molecule has 1 saturated heterocycles. The maximum atomic E-state index is 14.5. The Morgan fingerprint density at radius 2 is 1.75 bits per heavy atom. The van der Waals surface area contributed by atoms with Gasteiger partial charge in [0.05, 0.1) is 23.3 Å². The van der Waals surface area contributed by atoms with Crippen LogP contribution in [-0.4, -0.2) is 64.8 Å². The molecule has 2 heterocycles. The lowest BCUT2D eigenvalue weighted by molar-refractivity contribution is 0.0566. The van der Waals surface area contributed by atoms with Crippen LogP contribution in [0, 0.1) is 5.82 Å². The molecule has 0 spiro atoms. The third-order valence-electron chi connectivity index (χ3n) is 5.50. The zero-order valence-corrected chi connectivity index (χ0v) is 17.6. The third-order valence-corrected chi connectivity index (χ3v) is 5.50. The lowest BCUT2D eigenvalue weighted by atomic mass is 10.0. The van der Waals surface area contributed by atoms with Gasteiger partial charge in [-0.05, 0) is 30.7 Å². The third kappa shape index (κ3) is 4.32. The summed E-state index contributed by atoms with van der Waals surface area (Å²) in [5.74, 6) is -1.03. The first-order valence-corrected chi connectivity index (χ1v) is 10.4. The molecule has 4 rings (SSSR count). The van der Waals surface area contributed by atoms with Crippen LogP contribution < -0.4 is 5.56 Å². The molecule has 0 radical (unpaired) electrons. The smallest absolute Gasteiger partial charge is 0.409 e. The van der Waals surface area contributed by atoms with Crippen molar-refractivity contribution in [1.29, 1.82) is 0 Å². The Kier molecular flexibility index (Phi) is 6.16. The van der Waals surface area contributed by atoms with Gasteiger partial charge in [-0.2, -0.15) is 5.10 Å². The number of aromatic nitrogens is 2. The molecule has 0 atom stereocenters. The number of halogens is 1. The Balaban J connectivity index is 1.53. The SMILES string of the molecule is CCOC(=O)N1CCN(C(=O)c2cc(Cc3n[nH]c(=O)c4ccccc34)ccc2F)CC1. The van der Waals surface area contributed by atoms with E-state index >= 15 is 0 Å². The van der Waals surface area contributed by atoms with E-state index in [0.717, 1.165) is 0 Å². The summed E-state index contributed by atoms with van der Waals surface area (Å²) in [4.78, 5) is 39.9. The molecule has 1 N–H and O–H groups in total. The van der Waals surface area contributed by atoms with Crippen molar-refractivity contribution in [2.45, 2.75) is 13.3 Å². The lowest BCUT2D eigenvalue weighted by Gasteiger charge is -2.34. The number of fused-ring (bicyclic) bond motifs is 1. The first-order valence-electron chi connectivity index (χ1n) is 10.4. The number of piperazine rings is 1. The largest absolute Gasteiger partial charge is 0.450 e. The molecule has 0 aliphatic carbocycles. The second-order valence-electron chi connectivity index (χ2n) is 7.51. The maximum absolute atomic E-state index is 14.5. The summed E-state index contributed by atoms with van der Waals surface area (Å²) in [5, 5.41) is 7.88. The van der Waals surface area contributed by atoms with Gasteiger partial charge < -0.3 is 14.5 Å². The molecular formula is C23H23FN4O4. The fraction of sp³-hybridized carbons (Fsp3) is 0.304.